The van der Waals surface area contributed by atoms with Gasteiger partial charge in [0.2, 0.25) is 0 Å². The molecular formula is C13H20O7. The van der Waals surface area contributed by atoms with Gasteiger partial charge >= 0.3 is 5.97 Å². The summed E-state index contributed by atoms with van der Waals surface area (Å²) in [5, 5.41) is 18.8. The predicted octanol–water partition coefficient (Wildman–Crippen LogP) is -0.295. The van der Waals surface area contributed by atoms with Crippen molar-refractivity contribution in [2.24, 2.45) is 0 Å². The first kappa shape index (κ1) is 15.4. The Morgan fingerprint density at radius 2 is 2.20 bits per heavy atom. The molecule has 2 rings (SSSR count). The summed E-state index contributed by atoms with van der Waals surface area (Å²) in [6.45, 7) is 4.91. The monoisotopic (exact) mass is 288 g/mol. The van der Waals surface area contributed by atoms with Crippen LogP contribution in [0, 0.1) is 0 Å². The summed E-state index contributed by atoms with van der Waals surface area (Å²) in [6, 6.07) is 0. The van der Waals surface area contributed by atoms with Gasteiger partial charge in [-0.3, -0.25) is 0 Å². The van der Waals surface area contributed by atoms with Gasteiger partial charge in [0.1, 0.15) is 18.3 Å². The summed E-state index contributed by atoms with van der Waals surface area (Å²) in [6.07, 6.45) is -2.08. The number of ether oxygens (including phenoxy) is 4. The van der Waals surface area contributed by atoms with Gasteiger partial charge in [-0.25, -0.2) is 4.79 Å². The maximum Gasteiger partial charge on any atom is 0.330 e. The van der Waals surface area contributed by atoms with Gasteiger partial charge in [0, 0.05) is 11.6 Å². The van der Waals surface area contributed by atoms with E-state index in [1.165, 1.54) is 6.08 Å². The highest BCUT2D eigenvalue weighted by atomic mass is 16.8. The first-order valence-electron chi connectivity index (χ1n) is 6.56. The number of fused-ring (bicyclic) bond motifs is 1. The second-order valence-electron chi connectivity index (χ2n) is 5.13. The van der Waals surface area contributed by atoms with Crippen molar-refractivity contribution in [2.45, 2.75) is 51.2 Å². The van der Waals surface area contributed by atoms with E-state index in [-0.39, 0.29) is 6.61 Å². The standard InChI is InChI=1S/C13H20O7/c1-4-17-9(16)5-7-10(8(15)6-14)18-12-11(7)19-13(2,3)20-12/h5,8,10-12,14-15H,4,6H2,1-3H3/b7-5-/t8-,10+,11-,12-/m1/s1. The molecule has 4 atom stereocenters. The van der Waals surface area contributed by atoms with Crippen molar-refractivity contribution in [1.29, 1.82) is 0 Å². The Labute approximate surface area is 117 Å². The molecule has 0 unspecified atom stereocenters. The summed E-state index contributed by atoms with van der Waals surface area (Å²) in [5.74, 6) is -1.38. The van der Waals surface area contributed by atoms with Crippen LogP contribution in [0.15, 0.2) is 11.6 Å². The number of hydrogen-bond acceptors (Lipinski definition) is 7. The van der Waals surface area contributed by atoms with Gasteiger partial charge in [0.15, 0.2) is 12.1 Å². The summed E-state index contributed by atoms with van der Waals surface area (Å²) < 4.78 is 21.6. The van der Waals surface area contributed by atoms with Crippen molar-refractivity contribution >= 4 is 5.97 Å². The summed E-state index contributed by atoms with van der Waals surface area (Å²) in [7, 11) is 0. The molecule has 0 aliphatic carbocycles. The molecule has 2 aliphatic rings. The second kappa shape index (κ2) is 5.79. The zero-order valence-electron chi connectivity index (χ0n) is 11.7. The number of esters is 1. The minimum Gasteiger partial charge on any atom is -0.463 e. The predicted molar refractivity (Wildman–Crippen MR) is 66.5 cm³/mol. The van der Waals surface area contributed by atoms with Gasteiger partial charge in [-0.2, -0.15) is 0 Å². The fraction of sp³-hybridized carbons (Fsp3) is 0.769. The Hall–Kier alpha value is -0.990. The van der Waals surface area contributed by atoms with E-state index in [2.05, 4.69) is 0 Å². The first-order chi connectivity index (χ1) is 9.38. The van der Waals surface area contributed by atoms with Crippen molar-refractivity contribution in [3.8, 4) is 0 Å². The van der Waals surface area contributed by atoms with Gasteiger partial charge in [-0.15, -0.1) is 0 Å². The molecule has 2 saturated heterocycles. The molecule has 7 nitrogen and oxygen atoms in total. The molecule has 2 fully saturated rings. The molecule has 0 amide bonds. The molecule has 7 heteroatoms. The minimum absolute atomic E-state index is 0.244. The van der Waals surface area contributed by atoms with Crippen LogP contribution in [0.5, 0.6) is 0 Å². The van der Waals surface area contributed by atoms with E-state index < -0.39 is 43.0 Å². The maximum absolute atomic E-state index is 11.6. The smallest absolute Gasteiger partial charge is 0.330 e. The van der Waals surface area contributed by atoms with Crippen LogP contribution in [0.2, 0.25) is 0 Å². The van der Waals surface area contributed by atoms with Crippen LogP contribution in [-0.4, -0.2) is 59.8 Å². The first-order valence-corrected chi connectivity index (χ1v) is 6.56. The molecule has 2 aliphatic heterocycles. The molecule has 0 bridgehead atoms. The number of carbonyl (C=O) groups is 1. The second-order valence-corrected chi connectivity index (χ2v) is 5.13. The molecule has 2 heterocycles. The average molecular weight is 288 g/mol. The molecular weight excluding hydrogens is 268 g/mol. The lowest BCUT2D eigenvalue weighted by Gasteiger charge is -2.23. The number of hydrogen-bond donors (Lipinski definition) is 2. The SMILES string of the molecule is CCOC(=O)/C=C1\[C@H]2OC(C)(C)O[C@H]2O[C@@H]1[C@H](O)CO. The summed E-state index contributed by atoms with van der Waals surface area (Å²) >= 11 is 0. The van der Waals surface area contributed by atoms with Crippen LogP contribution >= 0.6 is 0 Å². The van der Waals surface area contributed by atoms with Gasteiger partial charge in [-0.1, -0.05) is 0 Å². The minimum atomic E-state index is -1.16. The van der Waals surface area contributed by atoms with E-state index in [4.69, 9.17) is 24.1 Å². The van der Waals surface area contributed by atoms with E-state index in [9.17, 15) is 9.90 Å². The topological polar surface area (TPSA) is 94.5 Å². The lowest BCUT2D eigenvalue weighted by Crippen LogP contribution is -2.34. The molecule has 0 aromatic heterocycles. The molecule has 114 valence electrons. The molecule has 20 heavy (non-hydrogen) atoms. The Kier molecular flexibility index (Phi) is 4.46. The highest BCUT2D eigenvalue weighted by Gasteiger charge is 2.53. The Morgan fingerprint density at radius 1 is 1.50 bits per heavy atom. The summed E-state index contributed by atoms with van der Waals surface area (Å²) in [5.41, 5.74) is 0.417. The number of carbonyl (C=O) groups excluding carboxylic acids is 1. The van der Waals surface area contributed by atoms with Gasteiger partial charge < -0.3 is 29.2 Å². The highest BCUT2D eigenvalue weighted by Crippen LogP contribution is 2.41. The fourth-order valence-corrected chi connectivity index (χ4v) is 2.33. The largest absolute Gasteiger partial charge is 0.463 e. The van der Waals surface area contributed by atoms with Crippen LogP contribution in [0.1, 0.15) is 20.8 Å². The normalized spacial score (nSPS) is 35.0. The van der Waals surface area contributed by atoms with Crippen LogP contribution in [0.25, 0.3) is 0 Å². The third-order valence-corrected chi connectivity index (χ3v) is 3.10. The zero-order chi connectivity index (χ0) is 14.9. The Balaban J connectivity index is 2.23. The highest BCUT2D eigenvalue weighted by molar-refractivity contribution is 5.83. The third-order valence-electron chi connectivity index (χ3n) is 3.10. The van der Waals surface area contributed by atoms with E-state index in [0.717, 1.165) is 0 Å². The molecule has 0 spiro atoms. The van der Waals surface area contributed by atoms with E-state index >= 15 is 0 Å². The molecule has 0 aromatic rings. The quantitative estimate of drug-likeness (QED) is 0.542. The number of aliphatic hydroxyl groups excluding tert-OH is 2. The average Bonchev–Trinajstić information content (AvgIpc) is 2.82. The van der Waals surface area contributed by atoms with E-state index in [1.54, 1.807) is 20.8 Å². The van der Waals surface area contributed by atoms with Crippen molar-refractivity contribution in [3.63, 3.8) is 0 Å². The lowest BCUT2D eigenvalue weighted by molar-refractivity contribution is -0.210. The van der Waals surface area contributed by atoms with Crippen molar-refractivity contribution in [1.82, 2.24) is 0 Å². The van der Waals surface area contributed by atoms with E-state index in [0.29, 0.717) is 5.57 Å². The van der Waals surface area contributed by atoms with Gasteiger partial charge in [0.05, 0.1) is 13.2 Å². The lowest BCUT2D eigenvalue weighted by atomic mass is 10.0. The maximum atomic E-state index is 11.6. The Morgan fingerprint density at radius 3 is 2.80 bits per heavy atom. The third kappa shape index (κ3) is 3.02. The Bertz CT molecular complexity index is 404. The summed E-state index contributed by atoms with van der Waals surface area (Å²) in [4.78, 5) is 11.6. The molecule has 0 aromatic carbocycles. The van der Waals surface area contributed by atoms with Gasteiger partial charge in [0.25, 0.3) is 0 Å². The van der Waals surface area contributed by atoms with Crippen LogP contribution in [0.3, 0.4) is 0 Å². The van der Waals surface area contributed by atoms with Crippen LogP contribution < -0.4 is 0 Å². The van der Waals surface area contributed by atoms with Gasteiger partial charge in [-0.05, 0) is 20.8 Å². The van der Waals surface area contributed by atoms with Crippen molar-refractivity contribution in [2.75, 3.05) is 13.2 Å². The molecule has 0 radical (unpaired) electrons. The van der Waals surface area contributed by atoms with Crippen LogP contribution in [-0.2, 0) is 23.7 Å². The van der Waals surface area contributed by atoms with Crippen molar-refractivity contribution < 1.29 is 34.0 Å². The molecule has 2 N–H and O–H groups in total. The zero-order valence-corrected chi connectivity index (χ0v) is 11.7. The van der Waals surface area contributed by atoms with E-state index in [1.807, 2.05) is 0 Å². The number of aliphatic hydroxyl groups is 2. The molecule has 0 saturated carbocycles. The van der Waals surface area contributed by atoms with Crippen LogP contribution in [0.4, 0.5) is 0 Å². The number of rotatable bonds is 4. The fourth-order valence-electron chi connectivity index (χ4n) is 2.33. The van der Waals surface area contributed by atoms with Crippen molar-refractivity contribution in [3.05, 3.63) is 11.6 Å².